The molecule has 1 fully saturated rings. The molecule has 0 aliphatic heterocycles. The van der Waals surface area contributed by atoms with Gasteiger partial charge in [-0.1, -0.05) is 0 Å². The molecular weight excluding hydrogens is 227 g/mol. The predicted octanol–water partition coefficient (Wildman–Crippen LogP) is 2.08. The smallest absolute Gasteiger partial charge is 0.306 e. The van der Waals surface area contributed by atoms with Crippen molar-refractivity contribution in [3.8, 4) is 11.5 Å². The van der Waals surface area contributed by atoms with Gasteiger partial charge in [-0.05, 0) is 25.0 Å². The Bertz CT molecular complexity index is 427. The highest BCUT2D eigenvalue weighted by Gasteiger charge is 2.36. The van der Waals surface area contributed by atoms with E-state index in [0.717, 1.165) is 0 Å². The number of carbonyl (C=O) groups is 1. The Labute approximate surface area is 98.0 Å². The highest BCUT2D eigenvalue weighted by Crippen LogP contribution is 2.35. The highest BCUT2D eigenvalue weighted by molar-refractivity contribution is 5.71. The van der Waals surface area contributed by atoms with Crippen molar-refractivity contribution < 1.29 is 23.8 Å². The third-order valence-electron chi connectivity index (χ3n) is 2.86. The summed E-state index contributed by atoms with van der Waals surface area (Å²) in [5.74, 6) is -0.794. The van der Waals surface area contributed by atoms with Crippen LogP contribution < -0.4 is 9.47 Å². The molecular formula is C12H13FO4. The van der Waals surface area contributed by atoms with E-state index in [1.165, 1.54) is 25.3 Å². The third kappa shape index (κ3) is 2.49. The number of aliphatic carboxylic acids is 1. The van der Waals surface area contributed by atoms with Crippen LogP contribution in [-0.2, 0) is 4.79 Å². The molecule has 0 spiro atoms. The second-order valence-electron chi connectivity index (χ2n) is 4.04. The maximum atomic E-state index is 13.0. The number of halogens is 1. The number of carboxylic acids is 1. The summed E-state index contributed by atoms with van der Waals surface area (Å²) < 4.78 is 23.6. The van der Waals surface area contributed by atoms with E-state index in [0.29, 0.717) is 24.3 Å². The molecule has 92 valence electrons. The first kappa shape index (κ1) is 11.7. The number of hydrogen-bond donors (Lipinski definition) is 1. The van der Waals surface area contributed by atoms with Crippen LogP contribution in [0.3, 0.4) is 0 Å². The Balaban J connectivity index is 2.00. The minimum Gasteiger partial charge on any atom is -0.493 e. The van der Waals surface area contributed by atoms with Crippen LogP contribution in [0, 0.1) is 11.7 Å². The Kier molecular flexibility index (Phi) is 3.17. The lowest BCUT2D eigenvalue weighted by molar-refractivity contribution is -0.147. The molecule has 1 N–H and O–H groups in total. The SMILES string of the molecule is COc1ccc(F)cc1OC1CC(C(=O)O)C1. The maximum absolute atomic E-state index is 13.0. The molecule has 0 saturated heterocycles. The van der Waals surface area contributed by atoms with Crippen LogP contribution >= 0.6 is 0 Å². The Morgan fingerprint density at radius 2 is 2.12 bits per heavy atom. The van der Waals surface area contributed by atoms with Crippen LogP contribution in [0.4, 0.5) is 4.39 Å². The molecule has 0 heterocycles. The molecule has 0 unspecified atom stereocenters. The molecule has 0 amide bonds. The molecule has 1 aliphatic carbocycles. The van der Waals surface area contributed by atoms with Gasteiger partial charge < -0.3 is 14.6 Å². The van der Waals surface area contributed by atoms with E-state index >= 15 is 0 Å². The zero-order valence-corrected chi connectivity index (χ0v) is 9.35. The Morgan fingerprint density at radius 1 is 1.41 bits per heavy atom. The molecule has 2 rings (SSSR count). The van der Waals surface area contributed by atoms with E-state index < -0.39 is 11.8 Å². The number of benzene rings is 1. The van der Waals surface area contributed by atoms with Crippen molar-refractivity contribution >= 4 is 5.97 Å². The zero-order chi connectivity index (χ0) is 12.4. The fraction of sp³-hybridized carbons (Fsp3) is 0.417. The summed E-state index contributed by atoms with van der Waals surface area (Å²) in [6.45, 7) is 0. The first-order valence-electron chi connectivity index (χ1n) is 5.33. The summed E-state index contributed by atoms with van der Waals surface area (Å²) in [6, 6.07) is 4.01. The topological polar surface area (TPSA) is 55.8 Å². The monoisotopic (exact) mass is 240 g/mol. The van der Waals surface area contributed by atoms with E-state index in [4.69, 9.17) is 14.6 Å². The van der Waals surface area contributed by atoms with Crippen LogP contribution in [0.2, 0.25) is 0 Å². The lowest BCUT2D eigenvalue weighted by Gasteiger charge is -2.32. The van der Waals surface area contributed by atoms with E-state index in [2.05, 4.69) is 0 Å². The van der Waals surface area contributed by atoms with Gasteiger partial charge in [0.15, 0.2) is 11.5 Å². The minimum absolute atomic E-state index is 0.174. The van der Waals surface area contributed by atoms with Crippen molar-refractivity contribution in [2.45, 2.75) is 18.9 Å². The van der Waals surface area contributed by atoms with Crippen LogP contribution in [-0.4, -0.2) is 24.3 Å². The lowest BCUT2D eigenvalue weighted by atomic mass is 9.82. The molecule has 1 aromatic carbocycles. The summed E-state index contributed by atoms with van der Waals surface area (Å²) in [5.41, 5.74) is 0. The number of hydrogen-bond acceptors (Lipinski definition) is 3. The summed E-state index contributed by atoms with van der Waals surface area (Å²) >= 11 is 0. The molecule has 0 aromatic heterocycles. The normalized spacial score (nSPS) is 22.7. The zero-order valence-electron chi connectivity index (χ0n) is 9.35. The Hall–Kier alpha value is -1.78. The van der Waals surface area contributed by atoms with Gasteiger partial charge in [-0.3, -0.25) is 4.79 Å². The van der Waals surface area contributed by atoms with Gasteiger partial charge in [-0.15, -0.1) is 0 Å². The maximum Gasteiger partial charge on any atom is 0.306 e. The van der Waals surface area contributed by atoms with Crippen LogP contribution in [0.5, 0.6) is 11.5 Å². The van der Waals surface area contributed by atoms with Crippen molar-refractivity contribution in [3.63, 3.8) is 0 Å². The minimum atomic E-state index is -0.809. The van der Waals surface area contributed by atoms with Crippen molar-refractivity contribution in [2.24, 2.45) is 5.92 Å². The first-order valence-corrected chi connectivity index (χ1v) is 5.33. The first-order chi connectivity index (χ1) is 8.10. The van der Waals surface area contributed by atoms with Gasteiger partial charge in [0.05, 0.1) is 13.0 Å². The van der Waals surface area contributed by atoms with Crippen LogP contribution in [0.25, 0.3) is 0 Å². The van der Waals surface area contributed by atoms with Gasteiger partial charge in [0.1, 0.15) is 11.9 Å². The van der Waals surface area contributed by atoms with Crippen molar-refractivity contribution in [1.29, 1.82) is 0 Å². The largest absolute Gasteiger partial charge is 0.493 e. The van der Waals surface area contributed by atoms with E-state index in [1.54, 1.807) is 0 Å². The fourth-order valence-corrected chi connectivity index (χ4v) is 1.79. The lowest BCUT2D eigenvalue weighted by Crippen LogP contribution is -2.38. The number of ether oxygens (including phenoxy) is 2. The molecule has 17 heavy (non-hydrogen) atoms. The van der Waals surface area contributed by atoms with Gasteiger partial charge in [0, 0.05) is 6.07 Å². The second-order valence-corrected chi connectivity index (χ2v) is 4.04. The summed E-state index contributed by atoms with van der Waals surface area (Å²) in [5, 5.41) is 8.72. The Morgan fingerprint density at radius 3 is 2.71 bits per heavy atom. The average Bonchev–Trinajstić information content (AvgIpc) is 2.22. The summed E-state index contributed by atoms with van der Waals surface area (Å²) in [7, 11) is 1.47. The molecule has 0 bridgehead atoms. The quantitative estimate of drug-likeness (QED) is 0.875. The summed E-state index contributed by atoms with van der Waals surface area (Å²) in [6.07, 6.45) is 0.732. The standard InChI is InChI=1S/C12H13FO4/c1-16-10-3-2-8(13)6-11(10)17-9-4-7(5-9)12(14)15/h2-3,6-7,9H,4-5H2,1H3,(H,14,15). The summed E-state index contributed by atoms with van der Waals surface area (Å²) in [4.78, 5) is 10.6. The highest BCUT2D eigenvalue weighted by atomic mass is 19.1. The van der Waals surface area contributed by atoms with Gasteiger partial charge in [0.2, 0.25) is 0 Å². The van der Waals surface area contributed by atoms with Crippen LogP contribution in [0.1, 0.15) is 12.8 Å². The molecule has 0 radical (unpaired) electrons. The molecule has 1 aromatic rings. The van der Waals surface area contributed by atoms with Crippen molar-refractivity contribution in [3.05, 3.63) is 24.0 Å². The number of carboxylic acid groups (broad SMARTS) is 1. The predicted molar refractivity (Wildman–Crippen MR) is 57.7 cm³/mol. The van der Waals surface area contributed by atoms with Gasteiger partial charge in [0.25, 0.3) is 0 Å². The van der Waals surface area contributed by atoms with Crippen LogP contribution in [0.15, 0.2) is 18.2 Å². The van der Waals surface area contributed by atoms with Gasteiger partial charge in [-0.25, -0.2) is 4.39 Å². The van der Waals surface area contributed by atoms with Gasteiger partial charge in [-0.2, -0.15) is 0 Å². The van der Waals surface area contributed by atoms with Crippen molar-refractivity contribution in [2.75, 3.05) is 7.11 Å². The molecule has 1 aliphatic rings. The average molecular weight is 240 g/mol. The third-order valence-corrected chi connectivity index (χ3v) is 2.86. The van der Waals surface area contributed by atoms with E-state index in [1.807, 2.05) is 0 Å². The second kappa shape index (κ2) is 4.61. The fourth-order valence-electron chi connectivity index (χ4n) is 1.79. The molecule has 5 heteroatoms. The molecule has 1 saturated carbocycles. The number of methoxy groups -OCH3 is 1. The molecule has 4 nitrogen and oxygen atoms in total. The molecule has 0 atom stereocenters. The van der Waals surface area contributed by atoms with E-state index in [-0.39, 0.29) is 12.0 Å². The van der Waals surface area contributed by atoms with E-state index in [9.17, 15) is 9.18 Å². The van der Waals surface area contributed by atoms with Crippen molar-refractivity contribution in [1.82, 2.24) is 0 Å². The van der Waals surface area contributed by atoms with Gasteiger partial charge >= 0.3 is 5.97 Å². The number of rotatable bonds is 4.